The summed E-state index contributed by atoms with van der Waals surface area (Å²) < 4.78 is 23.7. The topological polar surface area (TPSA) is 68.0 Å². The highest BCUT2D eigenvalue weighted by atomic mass is 35.5. The smallest absolute Gasteiger partial charge is 0.224 e. The van der Waals surface area contributed by atoms with E-state index in [0.717, 1.165) is 6.07 Å². The van der Waals surface area contributed by atoms with Crippen LogP contribution in [0, 0.1) is 17.1 Å². The zero-order valence-corrected chi connectivity index (χ0v) is 11.2. The Hall–Kier alpha value is -2.23. The first-order chi connectivity index (χ1) is 9.62. The number of ether oxygens (including phenoxy) is 2. The van der Waals surface area contributed by atoms with E-state index in [1.165, 1.54) is 25.3 Å². The Bertz CT molecular complexity index is 673. The van der Waals surface area contributed by atoms with Crippen LogP contribution in [0.15, 0.2) is 24.3 Å². The van der Waals surface area contributed by atoms with Gasteiger partial charge in [0.2, 0.25) is 5.88 Å². The summed E-state index contributed by atoms with van der Waals surface area (Å²) in [5.74, 6) is 0.0622. The Morgan fingerprint density at radius 2 is 2.15 bits per heavy atom. The summed E-state index contributed by atoms with van der Waals surface area (Å²) in [5, 5.41) is 8.84. The lowest BCUT2D eigenvalue weighted by Gasteiger charge is -2.07. The Balaban J connectivity index is 2.25. The van der Waals surface area contributed by atoms with Gasteiger partial charge in [-0.05, 0) is 12.1 Å². The lowest BCUT2D eigenvalue weighted by molar-refractivity contribution is 0.177. The molecular weight excluding hydrogens is 285 g/mol. The number of hydrogen-bond donors (Lipinski definition) is 0. The predicted molar refractivity (Wildman–Crippen MR) is 68.9 cm³/mol. The van der Waals surface area contributed by atoms with Crippen LogP contribution in [-0.2, 0) is 11.3 Å². The van der Waals surface area contributed by atoms with Crippen LogP contribution >= 0.6 is 11.6 Å². The van der Waals surface area contributed by atoms with Crippen LogP contribution in [-0.4, -0.2) is 17.1 Å². The number of aromatic nitrogens is 2. The van der Waals surface area contributed by atoms with E-state index in [9.17, 15) is 4.39 Å². The summed E-state index contributed by atoms with van der Waals surface area (Å²) >= 11 is 5.83. The van der Waals surface area contributed by atoms with Gasteiger partial charge in [0, 0.05) is 19.2 Å². The molecule has 0 radical (unpaired) electrons. The second-order valence-electron chi connectivity index (χ2n) is 3.73. The number of methoxy groups -OCH3 is 1. The van der Waals surface area contributed by atoms with Gasteiger partial charge in [-0.3, -0.25) is 0 Å². The fourth-order valence-electron chi connectivity index (χ4n) is 1.46. The molecule has 0 fully saturated rings. The van der Waals surface area contributed by atoms with E-state index in [-0.39, 0.29) is 29.0 Å². The zero-order chi connectivity index (χ0) is 14.5. The van der Waals surface area contributed by atoms with Crippen LogP contribution in [0.5, 0.6) is 11.6 Å². The Morgan fingerprint density at radius 3 is 2.80 bits per heavy atom. The number of nitrogens with zero attached hydrogens (tertiary/aromatic N) is 3. The number of benzene rings is 1. The van der Waals surface area contributed by atoms with Gasteiger partial charge in [0.05, 0.1) is 5.56 Å². The molecular formula is C13H9ClFN3O2. The Morgan fingerprint density at radius 1 is 1.35 bits per heavy atom. The molecule has 0 aliphatic heterocycles. The van der Waals surface area contributed by atoms with E-state index >= 15 is 0 Å². The third-order valence-corrected chi connectivity index (χ3v) is 2.47. The molecule has 0 saturated carbocycles. The van der Waals surface area contributed by atoms with Gasteiger partial charge < -0.3 is 9.47 Å². The fourth-order valence-corrected chi connectivity index (χ4v) is 1.65. The van der Waals surface area contributed by atoms with E-state index in [0.29, 0.717) is 5.82 Å². The molecule has 20 heavy (non-hydrogen) atoms. The predicted octanol–water partition coefficient (Wildman–Crippen LogP) is 3.08. The van der Waals surface area contributed by atoms with Crippen molar-refractivity contribution in [2.24, 2.45) is 0 Å². The maximum absolute atomic E-state index is 13.5. The molecule has 0 bridgehead atoms. The van der Waals surface area contributed by atoms with E-state index in [2.05, 4.69) is 9.97 Å². The van der Waals surface area contributed by atoms with Gasteiger partial charge in [0.1, 0.15) is 29.4 Å². The Labute approximate surface area is 119 Å². The van der Waals surface area contributed by atoms with Crippen molar-refractivity contribution < 1.29 is 13.9 Å². The maximum Gasteiger partial charge on any atom is 0.224 e. The van der Waals surface area contributed by atoms with Crippen molar-refractivity contribution in [3.05, 3.63) is 46.6 Å². The molecule has 7 heteroatoms. The third-order valence-electron chi connectivity index (χ3n) is 2.27. The molecule has 0 spiro atoms. The Kier molecular flexibility index (Phi) is 4.45. The highest BCUT2D eigenvalue weighted by molar-refractivity contribution is 6.29. The highest BCUT2D eigenvalue weighted by Gasteiger charge is 2.08. The van der Waals surface area contributed by atoms with E-state index in [1.807, 2.05) is 0 Å². The molecule has 0 unspecified atom stereocenters. The summed E-state index contributed by atoms with van der Waals surface area (Å²) in [4.78, 5) is 8.00. The minimum Gasteiger partial charge on any atom is -0.439 e. The molecule has 0 saturated heterocycles. The average Bonchev–Trinajstić information content (AvgIpc) is 2.38. The molecule has 0 N–H and O–H groups in total. The van der Waals surface area contributed by atoms with Crippen LogP contribution in [0.1, 0.15) is 11.4 Å². The molecule has 2 aromatic rings. The largest absolute Gasteiger partial charge is 0.439 e. The first kappa shape index (κ1) is 14.2. The van der Waals surface area contributed by atoms with Gasteiger partial charge in [0.25, 0.3) is 0 Å². The number of halogens is 2. The second kappa shape index (κ2) is 6.28. The monoisotopic (exact) mass is 293 g/mol. The van der Waals surface area contributed by atoms with Gasteiger partial charge in [-0.1, -0.05) is 11.6 Å². The molecule has 1 aromatic heterocycles. The van der Waals surface area contributed by atoms with Crippen molar-refractivity contribution in [3.63, 3.8) is 0 Å². The molecule has 0 aliphatic rings. The number of hydrogen-bond acceptors (Lipinski definition) is 5. The summed E-state index contributed by atoms with van der Waals surface area (Å²) in [5.41, 5.74) is -0.0573. The molecule has 5 nitrogen and oxygen atoms in total. The molecule has 2 rings (SSSR count). The van der Waals surface area contributed by atoms with Crippen molar-refractivity contribution in [2.45, 2.75) is 6.61 Å². The normalized spacial score (nSPS) is 10.1. The molecule has 0 aliphatic carbocycles. The van der Waals surface area contributed by atoms with Crippen molar-refractivity contribution in [3.8, 4) is 17.7 Å². The molecule has 102 valence electrons. The van der Waals surface area contributed by atoms with Crippen molar-refractivity contribution in [2.75, 3.05) is 7.11 Å². The van der Waals surface area contributed by atoms with Crippen molar-refractivity contribution in [1.82, 2.24) is 9.97 Å². The lowest BCUT2D eigenvalue weighted by atomic mass is 10.2. The summed E-state index contributed by atoms with van der Waals surface area (Å²) in [6.45, 7) is 0.179. The lowest BCUT2D eigenvalue weighted by Crippen LogP contribution is -1.99. The fraction of sp³-hybridized carbons (Fsp3) is 0.154. The van der Waals surface area contributed by atoms with Crippen molar-refractivity contribution in [1.29, 1.82) is 5.26 Å². The van der Waals surface area contributed by atoms with Crippen LogP contribution in [0.3, 0.4) is 0 Å². The van der Waals surface area contributed by atoms with Crippen molar-refractivity contribution >= 4 is 11.6 Å². The van der Waals surface area contributed by atoms with Crippen LogP contribution in [0.2, 0.25) is 5.15 Å². The second-order valence-corrected chi connectivity index (χ2v) is 4.12. The minimum atomic E-state index is -0.665. The van der Waals surface area contributed by atoms with Crippen LogP contribution in [0.25, 0.3) is 0 Å². The van der Waals surface area contributed by atoms with Gasteiger partial charge in [-0.25, -0.2) is 9.37 Å². The van der Waals surface area contributed by atoms with Gasteiger partial charge in [0.15, 0.2) is 5.82 Å². The van der Waals surface area contributed by atoms with Gasteiger partial charge >= 0.3 is 0 Å². The van der Waals surface area contributed by atoms with E-state index < -0.39 is 5.82 Å². The summed E-state index contributed by atoms with van der Waals surface area (Å²) in [7, 11) is 1.50. The molecule has 1 aromatic carbocycles. The van der Waals surface area contributed by atoms with Gasteiger partial charge in [-0.15, -0.1) is 0 Å². The first-order valence-corrected chi connectivity index (χ1v) is 5.90. The quantitative estimate of drug-likeness (QED) is 0.810. The molecule has 0 atom stereocenters. The van der Waals surface area contributed by atoms with Gasteiger partial charge in [-0.2, -0.15) is 10.2 Å². The molecule has 1 heterocycles. The SMILES string of the molecule is COCc1nc(Cl)cc(Oc2ccc(C#N)c(F)c2)n1. The first-order valence-electron chi connectivity index (χ1n) is 5.52. The van der Waals surface area contributed by atoms with E-state index in [1.54, 1.807) is 6.07 Å². The number of nitriles is 1. The van der Waals surface area contributed by atoms with Crippen LogP contribution in [0.4, 0.5) is 4.39 Å². The highest BCUT2D eigenvalue weighted by Crippen LogP contribution is 2.23. The summed E-state index contributed by atoms with van der Waals surface area (Å²) in [6, 6.07) is 7.02. The van der Waals surface area contributed by atoms with Crippen LogP contribution < -0.4 is 4.74 Å². The molecule has 0 amide bonds. The average molecular weight is 294 g/mol. The maximum atomic E-state index is 13.5. The zero-order valence-electron chi connectivity index (χ0n) is 10.4. The minimum absolute atomic E-state index is 0.0573. The van der Waals surface area contributed by atoms with E-state index in [4.69, 9.17) is 26.3 Å². The summed E-state index contributed by atoms with van der Waals surface area (Å²) in [6.07, 6.45) is 0. The standard InChI is InChI=1S/C13H9ClFN3O2/c1-19-7-12-17-11(14)5-13(18-12)20-9-3-2-8(6-16)10(15)4-9/h2-5H,7H2,1H3. The number of rotatable bonds is 4. The third kappa shape index (κ3) is 3.41.